The van der Waals surface area contributed by atoms with Crippen LogP contribution in [0.15, 0.2) is 0 Å². The molecule has 0 rings (SSSR count). The zero-order chi connectivity index (χ0) is 15.6. The molecule has 0 aliphatic carbocycles. The van der Waals surface area contributed by atoms with E-state index in [4.69, 9.17) is 18.9 Å². The summed E-state index contributed by atoms with van der Waals surface area (Å²) in [4.78, 5) is 0. The number of rotatable bonds is 12. The Bertz CT molecular complexity index is 165. The molecule has 0 fully saturated rings. The molecule has 0 aromatic rings. The molecule has 0 heterocycles. The van der Waals surface area contributed by atoms with Crippen LogP contribution >= 0.6 is 0 Å². The molecule has 0 aliphatic rings. The molecule has 0 aromatic carbocycles. The largest absolute Gasteiger partial charge is 0.379 e. The molecule has 4 nitrogen and oxygen atoms in total. The normalized spacial score (nSPS) is 13.5. The third-order valence-corrected chi connectivity index (χ3v) is 2.32. The number of ether oxygens (including phenoxy) is 4. The van der Waals surface area contributed by atoms with E-state index in [-0.39, 0.29) is 12.2 Å². The fourth-order valence-corrected chi connectivity index (χ4v) is 1.38. The Labute approximate surface area is 126 Å². The fourth-order valence-electron chi connectivity index (χ4n) is 1.38. The highest BCUT2D eigenvalue weighted by atomic mass is 16.5. The quantitative estimate of drug-likeness (QED) is 0.514. The molecule has 2 atom stereocenters. The molecule has 0 aromatic heterocycles. The van der Waals surface area contributed by atoms with E-state index < -0.39 is 0 Å². The van der Waals surface area contributed by atoms with Crippen LogP contribution in [0, 0.1) is 0 Å². The summed E-state index contributed by atoms with van der Waals surface area (Å²) in [5.74, 6) is 0. The lowest BCUT2D eigenvalue weighted by atomic mass is 10.4. The van der Waals surface area contributed by atoms with Gasteiger partial charge in [-0.15, -0.1) is 0 Å². The lowest BCUT2D eigenvalue weighted by molar-refractivity contribution is -0.00611. The second-order valence-corrected chi connectivity index (χ2v) is 4.68. The summed E-state index contributed by atoms with van der Waals surface area (Å²) in [5.41, 5.74) is 0. The van der Waals surface area contributed by atoms with E-state index in [2.05, 4.69) is 13.8 Å². The van der Waals surface area contributed by atoms with Gasteiger partial charge in [-0.05, 0) is 40.5 Å². The Balaban J connectivity index is 0. The van der Waals surface area contributed by atoms with Gasteiger partial charge in [0.15, 0.2) is 0 Å². The first-order valence-electron chi connectivity index (χ1n) is 8.00. The number of hydrogen-bond acceptors (Lipinski definition) is 4. The number of hydrogen-bond donors (Lipinski definition) is 0. The first-order valence-corrected chi connectivity index (χ1v) is 8.00. The molecule has 0 spiro atoms. The minimum atomic E-state index is 0.245. The van der Waals surface area contributed by atoms with E-state index in [1.807, 2.05) is 27.7 Å². The van der Waals surface area contributed by atoms with Crippen molar-refractivity contribution in [2.45, 2.75) is 66.6 Å². The van der Waals surface area contributed by atoms with Crippen LogP contribution in [0.5, 0.6) is 0 Å². The van der Waals surface area contributed by atoms with Crippen molar-refractivity contribution in [1.29, 1.82) is 0 Å². The Morgan fingerprint density at radius 3 is 1.70 bits per heavy atom. The van der Waals surface area contributed by atoms with Crippen molar-refractivity contribution >= 4 is 0 Å². The monoisotopic (exact) mass is 292 g/mol. The Hall–Kier alpha value is -0.160. The summed E-state index contributed by atoms with van der Waals surface area (Å²) in [6.07, 6.45) is 2.66. The van der Waals surface area contributed by atoms with Crippen LogP contribution in [-0.2, 0) is 18.9 Å². The third-order valence-electron chi connectivity index (χ3n) is 2.32. The third kappa shape index (κ3) is 20.2. The van der Waals surface area contributed by atoms with Crippen LogP contribution in [0.3, 0.4) is 0 Å². The van der Waals surface area contributed by atoms with Crippen LogP contribution < -0.4 is 0 Å². The van der Waals surface area contributed by atoms with Gasteiger partial charge in [0.05, 0.1) is 25.4 Å². The van der Waals surface area contributed by atoms with Gasteiger partial charge in [-0.1, -0.05) is 13.8 Å². The van der Waals surface area contributed by atoms with E-state index in [9.17, 15) is 0 Å². The minimum Gasteiger partial charge on any atom is -0.379 e. The van der Waals surface area contributed by atoms with Crippen molar-refractivity contribution in [3.8, 4) is 0 Å². The maximum atomic E-state index is 5.41. The van der Waals surface area contributed by atoms with Crippen LogP contribution in [0.25, 0.3) is 0 Å². The molecule has 20 heavy (non-hydrogen) atoms. The highest BCUT2D eigenvalue weighted by molar-refractivity contribution is 4.46. The molecule has 4 heteroatoms. The van der Waals surface area contributed by atoms with Crippen LogP contribution in [-0.4, -0.2) is 51.8 Å². The highest BCUT2D eigenvalue weighted by Crippen LogP contribution is 1.93. The zero-order valence-corrected chi connectivity index (χ0v) is 14.4. The van der Waals surface area contributed by atoms with E-state index in [1.54, 1.807) is 0 Å². The van der Waals surface area contributed by atoms with E-state index in [1.165, 1.54) is 0 Å². The van der Waals surface area contributed by atoms with Crippen LogP contribution in [0.2, 0.25) is 0 Å². The summed E-state index contributed by atoms with van der Waals surface area (Å²) in [6.45, 7) is 16.9. The molecule has 2 unspecified atom stereocenters. The molecule has 0 amide bonds. The Morgan fingerprint density at radius 1 is 0.650 bits per heavy atom. The van der Waals surface area contributed by atoms with Gasteiger partial charge in [-0.3, -0.25) is 0 Å². The molecule has 0 bridgehead atoms. The summed E-state index contributed by atoms with van der Waals surface area (Å²) < 4.78 is 21.1. The lowest BCUT2D eigenvalue weighted by Crippen LogP contribution is -2.16. The molecule has 0 saturated carbocycles. The van der Waals surface area contributed by atoms with Crippen molar-refractivity contribution in [1.82, 2.24) is 0 Å². The summed E-state index contributed by atoms with van der Waals surface area (Å²) in [5, 5.41) is 0. The van der Waals surface area contributed by atoms with Crippen molar-refractivity contribution in [3.63, 3.8) is 0 Å². The highest BCUT2D eigenvalue weighted by Gasteiger charge is 1.99. The molecular weight excluding hydrogens is 256 g/mol. The standard InChI is InChI=1S/C9H20O2.C7H16O2/c1-4-6-10-8-9(3)11-7-5-2;1-4-8-6-7(3)9-5-2/h9H,4-8H2,1-3H3;7H,4-6H2,1-3H3. The molecule has 0 saturated heterocycles. The van der Waals surface area contributed by atoms with Gasteiger partial charge in [-0.2, -0.15) is 0 Å². The van der Waals surface area contributed by atoms with Crippen molar-refractivity contribution in [3.05, 3.63) is 0 Å². The van der Waals surface area contributed by atoms with Crippen LogP contribution in [0.1, 0.15) is 54.4 Å². The van der Waals surface area contributed by atoms with Gasteiger partial charge in [0.25, 0.3) is 0 Å². The van der Waals surface area contributed by atoms with E-state index in [0.717, 1.165) is 45.9 Å². The zero-order valence-electron chi connectivity index (χ0n) is 14.4. The SMILES string of the molecule is CCCOCC(C)OCCC.CCOCC(C)OCC. The molecule has 0 N–H and O–H groups in total. The van der Waals surface area contributed by atoms with Gasteiger partial charge in [-0.25, -0.2) is 0 Å². The van der Waals surface area contributed by atoms with E-state index >= 15 is 0 Å². The first-order chi connectivity index (χ1) is 9.62. The second kappa shape index (κ2) is 18.8. The molecular formula is C16H36O4. The van der Waals surface area contributed by atoms with Gasteiger partial charge in [0.2, 0.25) is 0 Å². The molecule has 124 valence electrons. The van der Waals surface area contributed by atoms with Gasteiger partial charge in [0.1, 0.15) is 0 Å². The van der Waals surface area contributed by atoms with Crippen molar-refractivity contribution in [2.75, 3.05) is 39.6 Å². The lowest BCUT2D eigenvalue weighted by Gasteiger charge is -2.11. The van der Waals surface area contributed by atoms with Crippen LogP contribution in [0.4, 0.5) is 0 Å². The molecule has 0 radical (unpaired) electrons. The maximum Gasteiger partial charge on any atom is 0.0780 e. The predicted octanol–water partition coefficient (Wildman–Crippen LogP) is 3.68. The average molecular weight is 292 g/mol. The topological polar surface area (TPSA) is 36.9 Å². The van der Waals surface area contributed by atoms with Gasteiger partial charge < -0.3 is 18.9 Å². The summed E-state index contributed by atoms with van der Waals surface area (Å²) in [7, 11) is 0. The fraction of sp³-hybridized carbons (Fsp3) is 1.00. The van der Waals surface area contributed by atoms with E-state index in [0.29, 0.717) is 6.61 Å². The summed E-state index contributed by atoms with van der Waals surface area (Å²) >= 11 is 0. The Kier molecular flexibility index (Phi) is 20.8. The predicted molar refractivity (Wildman–Crippen MR) is 84.4 cm³/mol. The van der Waals surface area contributed by atoms with Crippen molar-refractivity contribution < 1.29 is 18.9 Å². The molecule has 0 aliphatic heterocycles. The second-order valence-electron chi connectivity index (χ2n) is 4.68. The maximum absolute atomic E-state index is 5.41. The summed E-state index contributed by atoms with van der Waals surface area (Å²) in [6, 6.07) is 0. The van der Waals surface area contributed by atoms with Gasteiger partial charge in [0, 0.05) is 26.4 Å². The smallest absolute Gasteiger partial charge is 0.0780 e. The Morgan fingerprint density at radius 2 is 1.20 bits per heavy atom. The van der Waals surface area contributed by atoms with Crippen molar-refractivity contribution in [2.24, 2.45) is 0 Å². The average Bonchev–Trinajstić information content (AvgIpc) is 2.44. The van der Waals surface area contributed by atoms with Gasteiger partial charge >= 0.3 is 0 Å². The first kappa shape index (κ1) is 22.1. The minimum absolute atomic E-state index is 0.245.